The van der Waals surface area contributed by atoms with Crippen molar-refractivity contribution in [3.63, 3.8) is 0 Å². The van der Waals surface area contributed by atoms with E-state index in [-0.39, 0.29) is 6.61 Å². The fourth-order valence-electron chi connectivity index (χ4n) is 1.40. The van der Waals surface area contributed by atoms with Crippen LogP contribution in [0.1, 0.15) is 47.0 Å². The van der Waals surface area contributed by atoms with Crippen LogP contribution in [0.5, 0.6) is 0 Å². The maximum atomic E-state index is 8.86. The topological polar surface area (TPSA) is 32.3 Å². The summed E-state index contributed by atoms with van der Waals surface area (Å²) in [5.74, 6) is 1.20. The fraction of sp³-hybridized carbons (Fsp3) is 1.00. The van der Waals surface area contributed by atoms with Gasteiger partial charge in [0.05, 0.1) is 0 Å². The predicted molar refractivity (Wildman–Crippen MR) is 62.4 cm³/mol. The Balaban J connectivity index is 3.32. The van der Waals surface area contributed by atoms with Crippen LogP contribution >= 0.6 is 0 Å². The largest absolute Gasteiger partial charge is 0.396 e. The molecule has 0 heterocycles. The summed E-state index contributed by atoms with van der Waals surface area (Å²) in [5, 5.41) is 12.3. The van der Waals surface area contributed by atoms with Gasteiger partial charge >= 0.3 is 0 Å². The summed E-state index contributed by atoms with van der Waals surface area (Å²) < 4.78 is 0. The van der Waals surface area contributed by atoms with Crippen LogP contribution in [0, 0.1) is 11.8 Å². The van der Waals surface area contributed by atoms with Crippen LogP contribution in [-0.2, 0) is 0 Å². The number of rotatable bonds is 8. The number of aliphatic hydroxyl groups is 1. The van der Waals surface area contributed by atoms with E-state index in [1.54, 1.807) is 0 Å². The monoisotopic (exact) mass is 201 g/mol. The second-order valence-corrected chi connectivity index (χ2v) is 4.92. The number of hydrogen-bond acceptors (Lipinski definition) is 2. The number of nitrogens with one attached hydrogen (secondary N) is 1. The third-order valence-corrected chi connectivity index (χ3v) is 2.55. The Morgan fingerprint density at radius 1 is 1.07 bits per heavy atom. The lowest BCUT2D eigenvalue weighted by Crippen LogP contribution is -2.31. The van der Waals surface area contributed by atoms with E-state index >= 15 is 0 Å². The summed E-state index contributed by atoms with van der Waals surface area (Å²) in [7, 11) is 0. The Hall–Kier alpha value is -0.0800. The molecule has 0 bridgehead atoms. The zero-order valence-corrected chi connectivity index (χ0v) is 10.2. The molecule has 2 unspecified atom stereocenters. The average Bonchev–Trinajstić information content (AvgIpc) is 2.13. The zero-order chi connectivity index (χ0) is 11.0. The molecule has 2 N–H and O–H groups in total. The van der Waals surface area contributed by atoms with Gasteiger partial charge in [-0.15, -0.1) is 0 Å². The van der Waals surface area contributed by atoms with Crippen molar-refractivity contribution in [2.45, 2.75) is 53.0 Å². The molecule has 0 fully saturated rings. The van der Waals surface area contributed by atoms with Gasteiger partial charge in [-0.05, 0) is 25.2 Å². The minimum absolute atomic E-state index is 0.283. The van der Waals surface area contributed by atoms with Gasteiger partial charge in [0.15, 0.2) is 0 Å². The fourth-order valence-corrected chi connectivity index (χ4v) is 1.40. The van der Waals surface area contributed by atoms with E-state index in [1.165, 1.54) is 19.3 Å². The van der Waals surface area contributed by atoms with Gasteiger partial charge in [-0.2, -0.15) is 0 Å². The molecule has 0 aliphatic heterocycles. The van der Waals surface area contributed by atoms with E-state index in [0.29, 0.717) is 12.0 Å². The summed E-state index contributed by atoms with van der Waals surface area (Å²) >= 11 is 0. The van der Waals surface area contributed by atoms with Gasteiger partial charge in [-0.3, -0.25) is 0 Å². The Bertz CT molecular complexity index is 125. The van der Waals surface area contributed by atoms with Crippen molar-refractivity contribution < 1.29 is 5.11 Å². The first-order valence-electron chi connectivity index (χ1n) is 5.90. The van der Waals surface area contributed by atoms with Crippen LogP contribution in [0.2, 0.25) is 0 Å². The Labute approximate surface area is 89.1 Å². The summed E-state index contributed by atoms with van der Waals surface area (Å²) in [6, 6.07) is 0.586. The molecule has 2 nitrogen and oxygen atoms in total. The standard InChI is InChI=1S/C12H27NO/c1-10(2)6-5-7-12(4)13-8-11(3)9-14/h10-14H,5-9H2,1-4H3. The maximum Gasteiger partial charge on any atom is 0.0468 e. The molecule has 0 saturated carbocycles. The second-order valence-electron chi connectivity index (χ2n) is 4.92. The molecule has 2 atom stereocenters. The minimum Gasteiger partial charge on any atom is -0.396 e. The molecule has 14 heavy (non-hydrogen) atoms. The van der Waals surface area contributed by atoms with E-state index in [1.807, 2.05) is 0 Å². The first-order valence-corrected chi connectivity index (χ1v) is 5.90. The third-order valence-electron chi connectivity index (χ3n) is 2.55. The summed E-state index contributed by atoms with van der Waals surface area (Å²) in [6.07, 6.45) is 3.87. The quantitative estimate of drug-likeness (QED) is 0.632. The van der Waals surface area contributed by atoms with Crippen LogP contribution < -0.4 is 5.32 Å². The molecular weight excluding hydrogens is 174 g/mol. The lowest BCUT2D eigenvalue weighted by atomic mass is 10.0. The SMILES string of the molecule is CC(C)CCCC(C)NCC(C)CO. The van der Waals surface area contributed by atoms with Crippen molar-refractivity contribution in [3.8, 4) is 0 Å². The molecule has 86 valence electrons. The number of hydrogen-bond donors (Lipinski definition) is 2. The molecule has 2 heteroatoms. The van der Waals surface area contributed by atoms with Crippen molar-refractivity contribution in [1.82, 2.24) is 5.32 Å². The van der Waals surface area contributed by atoms with Gasteiger partial charge in [-0.25, -0.2) is 0 Å². The Morgan fingerprint density at radius 2 is 1.71 bits per heavy atom. The van der Waals surface area contributed by atoms with E-state index < -0.39 is 0 Å². The normalized spacial score (nSPS) is 15.9. The highest BCUT2D eigenvalue weighted by molar-refractivity contribution is 4.63. The van der Waals surface area contributed by atoms with Crippen molar-refractivity contribution in [1.29, 1.82) is 0 Å². The van der Waals surface area contributed by atoms with Gasteiger partial charge in [-0.1, -0.05) is 33.6 Å². The summed E-state index contributed by atoms with van der Waals surface area (Å²) in [4.78, 5) is 0. The first kappa shape index (κ1) is 13.9. The Morgan fingerprint density at radius 3 is 2.21 bits per heavy atom. The van der Waals surface area contributed by atoms with E-state index in [9.17, 15) is 0 Å². The lowest BCUT2D eigenvalue weighted by molar-refractivity contribution is 0.230. The van der Waals surface area contributed by atoms with Gasteiger partial charge in [0.2, 0.25) is 0 Å². The van der Waals surface area contributed by atoms with Crippen LogP contribution in [-0.4, -0.2) is 24.3 Å². The third kappa shape index (κ3) is 8.52. The van der Waals surface area contributed by atoms with Gasteiger partial charge in [0, 0.05) is 19.2 Å². The van der Waals surface area contributed by atoms with Gasteiger partial charge in [0.25, 0.3) is 0 Å². The van der Waals surface area contributed by atoms with Crippen LogP contribution in [0.25, 0.3) is 0 Å². The molecule has 0 aliphatic carbocycles. The van der Waals surface area contributed by atoms with Crippen LogP contribution in [0.4, 0.5) is 0 Å². The number of aliphatic hydroxyl groups excluding tert-OH is 1. The van der Waals surface area contributed by atoms with Gasteiger partial charge in [0.1, 0.15) is 0 Å². The summed E-state index contributed by atoms with van der Waals surface area (Å²) in [5.41, 5.74) is 0. The molecule has 0 aromatic rings. The van der Waals surface area contributed by atoms with Crippen molar-refractivity contribution >= 4 is 0 Å². The van der Waals surface area contributed by atoms with Gasteiger partial charge < -0.3 is 10.4 Å². The molecule has 0 rings (SSSR count). The van der Waals surface area contributed by atoms with Crippen molar-refractivity contribution in [3.05, 3.63) is 0 Å². The molecule has 0 amide bonds. The smallest absolute Gasteiger partial charge is 0.0468 e. The van der Waals surface area contributed by atoms with Crippen LogP contribution in [0.3, 0.4) is 0 Å². The maximum absolute atomic E-state index is 8.86. The molecular formula is C12H27NO. The van der Waals surface area contributed by atoms with E-state index in [0.717, 1.165) is 12.5 Å². The molecule has 0 spiro atoms. The molecule has 0 radical (unpaired) electrons. The molecule has 0 aromatic heterocycles. The first-order chi connectivity index (χ1) is 6.56. The highest BCUT2D eigenvalue weighted by Gasteiger charge is 2.04. The zero-order valence-electron chi connectivity index (χ0n) is 10.2. The highest BCUT2D eigenvalue weighted by atomic mass is 16.3. The minimum atomic E-state index is 0.283. The molecule has 0 aromatic carbocycles. The molecule has 0 saturated heterocycles. The molecule has 0 aliphatic rings. The van der Waals surface area contributed by atoms with E-state index in [2.05, 4.69) is 33.0 Å². The van der Waals surface area contributed by atoms with Crippen molar-refractivity contribution in [2.24, 2.45) is 11.8 Å². The van der Waals surface area contributed by atoms with E-state index in [4.69, 9.17) is 5.11 Å². The van der Waals surface area contributed by atoms with Crippen molar-refractivity contribution in [2.75, 3.05) is 13.2 Å². The Kier molecular flexibility index (Phi) is 8.20. The predicted octanol–water partition coefficient (Wildman–Crippen LogP) is 2.42. The summed E-state index contributed by atoms with van der Waals surface area (Å²) in [6.45, 7) is 10.0. The second kappa shape index (κ2) is 8.25. The average molecular weight is 201 g/mol. The van der Waals surface area contributed by atoms with Crippen LogP contribution in [0.15, 0.2) is 0 Å². The lowest BCUT2D eigenvalue weighted by Gasteiger charge is -2.16. The highest BCUT2D eigenvalue weighted by Crippen LogP contribution is 2.08.